The highest BCUT2D eigenvalue weighted by atomic mass is 16.5. The molecule has 3 aliphatic rings. The first-order chi connectivity index (χ1) is 16.0. The molecule has 0 spiro atoms. The van der Waals surface area contributed by atoms with Crippen molar-refractivity contribution in [3.63, 3.8) is 0 Å². The zero-order valence-corrected chi connectivity index (χ0v) is 20.4. The lowest BCUT2D eigenvalue weighted by Crippen LogP contribution is -2.39. The Balaban J connectivity index is 1.69. The van der Waals surface area contributed by atoms with E-state index in [1.54, 1.807) is 7.11 Å². The fourth-order valence-electron chi connectivity index (χ4n) is 5.18. The van der Waals surface area contributed by atoms with Gasteiger partial charge in [0.05, 0.1) is 31.2 Å². The summed E-state index contributed by atoms with van der Waals surface area (Å²) in [4.78, 5) is 28.9. The Kier molecular flexibility index (Phi) is 7.30. The second-order valence-electron chi connectivity index (χ2n) is 9.85. The van der Waals surface area contributed by atoms with Gasteiger partial charge in [-0.1, -0.05) is 39.7 Å². The lowest BCUT2D eigenvalue weighted by atomic mass is 9.77. The number of unbranched alkanes of at least 4 members (excludes halogenated alkanes) is 1. The van der Waals surface area contributed by atoms with E-state index in [2.05, 4.69) is 20.8 Å². The molecule has 1 aromatic rings. The summed E-state index contributed by atoms with van der Waals surface area (Å²) in [6.45, 7) is 7.64. The van der Waals surface area contributed by atoms with E-state index in [0.29, 0.717) is 36.1 Å². The number of amides is 1. The van der Waals surface area contributed by atoms with E-state index in [0.717, 1.165) is 50.5 Å². The van der Waals surface area contributed by atoms with Crippen LogP contribution in [0.1, 0.15) is 77.3 Å². The Morgan fingerprint density at radius 3 is 2.67 bits per heavy atom. The number of nitrogens with zero attached hydrogens (tertiary/aromatic N) is 1. The van der Waals surface area contributed by atoms with Gasteiger partial charge in [-0.2, -0.15) is 0 Å². The van der Waals surface area contributed by atoms with Crippen molar-refractivity contribution < 1.29 is 23.8 Å². The standard InChI is InChI=1S/C27H37NO5/c1-5-6-14-28-24(18-11-12-21(22(16-18)31-4)32-15-13-17(2)3)23-25(29)19-9-7-8-10-20(19)33-26(23)27(28)30/h11-12,16-17,19-20,24H,5-10,13-15H2,1-4H3. The first kappa shape index (κ1) is 23.7. The maximum absolute atomic E-state index is 13.6. The van der Waals surface area contributed by atoms with Gasteiger partial charge in [-0.05, 0) is 55.7 Å². The normalized spacial score (nSPS) is 24.6. The molecule has 0 saturated heterocycles. The van der Waals surface area contributed by atoms with Crippen molar-refractivity contribution in [1.82, 2.24) is 4.90 Å². The third-order valence-corrected chi connectivity index (χ3v) is 7.07. The van der Waals surface area contributed by atoms with E-state index in [-0.39, 0.29) is 29.5 Å². The van der Waals surface area contributed by atoms with E-state index in [1.807, 2.05) is 23.1 Å². The van der Waals surface area contributed by atoms with Crippen LogP contribution in [0.25, 0.3) is 0 Å². The molecule has 0 bridgehead atoms. The molecule has 1 saturated carbocycles. The highest BCUT2D eigenvalue weighted by Gasteiger charge is 2.51. The summed E-state index contributed by atoms with van der Waals surface area (Å²) in [7, 11) is 1.62. The molecule has 6 nitrogen and oxygen atoms in total. The summed E-state index contributed by atoms with van der Waals surface area (Å²) in [5.74, 6) is 1.93. The molecule has 4 rings (SSSR count). The average molecular weight is 456 g/mol. The van der Waals surface area contributed by atoms with Crippen molar-refractivity contribution in [2.24, 2.45) is 11.8 Å². The topological polar surface area (TPSA) is 65.1 Å². The molecule has 3 unspecified atom stereocenters. The van der Waals surface area contributed by atoms with Gasteiger partial charge in [-0.3, -0.25) is 9.59 Å². The molecule has 0 aromatic heterocycles. The third kappa shape index (κ3) is 4.62. The van der Waals surface area contributed by atoms with Gasteiger partial charge < -0.3 is 19.1 Å². The molecule has 180 valence electrons. The predicted octanol–water partition coefficient (Wildman–Crippen LogP) is 5.22. The van der Waals surface area contributed by atoms with Crippen molar-refractivity contribution in [3.8, 4) is 11.5 Å². The predicted molar refractivity (Wildman–Crippen MR) is 126 cm³/mol. The van der Waals surface area contributed by atoms with Crippen LogP contribution >= 0.6 is 0 Å². The van der Waals surface area contributed by atoms with Crippen LogP contribution in [-0.2, 0) is 14.3 Å². The van der Waals surface area contributed by atoms with Gasteiger partial charge in [0, 0.05) is 6.54 Å². The zero-order valence-electron chi connectivity index (χ0n) is 20.4. The van der Waals surface area contributed by atoms with Crippen LogP contribution in [0.5, 0.6) is 11.5 Å². The summed E-state index contributed by atoms with van der Waals surface area (Å²) < 4.78 is 17.8. The first-order valence-electron chi connectivity index (χ1n) is 12.5. The second kappa shape index (κ2) is 10.2. The molecule has 1 fully saturated rings. The summed E-state index contributed by atoms with van der Waals surface area (Å²) in [6.07, 6.45) is 6.39. The largest absolute Gasteiger partial charge is 0.493 e. The number of rotatable bonds is 9. The minimum Gasteiger partial charge on any atom is -0.493 e. The Hall–Kier alpha value is -2.50. The van der Waals surface area contributed by atoms with Crippen molar-refractivity contribution in [2.75, 3.05) is 20.3 Å². The monoisotopic (exact) mass is 455 g/mol. The van der Waals surface area contributed by atoms with Gasteiger partial charge in [0.1, 0.15) is 6.10 Å². The Labute approximate surface area is 197 Å². The highest BCUT2D eigenvalue weighted by Crippen LogP contribution is 2.47. The van der Waals surface area contributed by atoms with Crippen LogP contribution in [0, 0.1) is 11.8 Å². The van der Waals surface area contributed by atoms with Gasteiger partial charge in [-0.15, -0.1) is 0 Å². The lowest BCUT2D eigenvalue weighted by Gasteiger charge is -2.35. The van der Waals surface area contributed by atoms with Crippen LogP contribution in [0.2, 0.25) is 0 Å². The number of hydrogen-bond donors (Lipinski definition) is 0. The van der Waals surface area contributed by atoms with Crippen LogP contribution in [0.3, 0.4) is 0 Å². The van der Waals surface area contributed by atoms with E-state index in [1.165, 1.54) is 0 Å². The maximum Gasteiger partial charge on any atom is 0.290 e. The fourth-order valence-corrected chi connectivity index (χ4v) is 5.18. The molecule has 3 atom stereocenters. The Morgan fingerprint density at radius 1 is 1.15 bits per heavy atom. The number of fused-ring (bicyclic) bond motifs is 1. The summed E-state index contributed by atoms with van der Waals surface area (Å²) in [6, 6.07) is 5.33. The molecular weight excluding hydrogens is 418 g/mol. The summed E-state index contributed by atoms with van der Waals surface area (Å²) in [5, 5.41) is 0. The number of hydrogen-bond acceptors (Lipinski definition) is 5. The SMILES string of the molecule is CCCCN1C(=O)C2=C(C(=O)C3CCCCC3O2)C1c1ccc(OCCC(C)C)c(OC)c1. The van der Waals surface area contributed by atoms with Gasteiger partial charge in [0.25, 0.3) is 5.91 Å². The van der Waals surface area contributed by atoms with Crippen molar-refractivity contribution in [2.45, 2.75) is 77.9 Å². The van der Waals surface area contributed by atoms with Crippen molar-refractivity contribution in [3.05, 3.63) is 35.1 Å². The number of methoxy groups -OCH3 is 1. The van der Waals surface area contributed by atoms with E-state index < -0.39 is 6.04 Å². The molecule has 6 heteroatoms. The number of carbonyl (C=O) groups is 2. The van der Waals surface area contributed by atoms with Crippen molar-refractivity contribution in [1.29, 1.82) is 0 Å². The highest BCUT2D eigenvalue weighted by molar-refractivity contribution is 6.11. The molecule has 1 aliphatic carbocycles. The number of carbonyl (C=O) groups excluding carboxylic acids is 2. The Bertz CT molecular complexity index is 921. The first-order valence-corrected chi connectivity index (χ1v) is 12.5. The minimum absolute atomic E-state index is 0.0922. The van der Waals surface area contributed by atoms with Gasteiger partial charge in [0.2, 0.25) is 0 Å². The maximum atomic E-state index is 13.6. The molecule has 2 aliphatic heterocycles. The number of ketones is 1. The van der Waals surface area contributed by atoms with Crippen molar-refractivity contribution >= 4 is 11.7 Å². The van der Waals surface area contributed by atoms with Crippen LogP contribution in [0.4, 0.5) is 0 Å². The van der Waals surface area contributed by atoms with Crippen LogP contribution in [0.15, 0.2) is 29.5 Å². The Morgan fingerprint density at radius 2 is 1.94 bits per heavy atom. The van der Waals surface area contributed by atoms with Gasteiger partial charge in [-0.25, -0.2) is 0 Å². The van der Waals surface area contributed by atoms with Crippen LogP contribution in [-0.4, -0.2) is 43.0 Å². The molecule has 2 heterocycles. The smallest absolute Gasteiger partial charge is 0.290 e. The number of Topliss-reactive ketones (excluding diaryl/α,β-unsaturated/α-hetero) is 1. The fraction of sp³-hybridized carbons (Fsp3) is 0.630. The quantitative estimate of drug-likeness (QED) is 0.511. The molecule has 33 heavy (non-hydrogen) atoms. The third-order valence-electron chi connectivity index (χ3n) is 7.07. The van der Waals surface area contributed by atoms with E-state index in [4.69, 9.17) is 14.2 Å². The zero-order chi connectivity index (χ0) is 23.5. The van der Waals surface area contributed by atoms with E-state index >= 15 is 0 Å². The molecule has 1 amide bonds. The van der Waals surface area contributed by atoms with Crippen LogP contribution < -0.4 is 9.47 Å². The molecule has 0 N–H and O–H groups in total. The lowest BCUT2D eigenvalue weighted by molar-refractivity contribution is -0.135. The van der Waals surface area contributed by atoms with Gasteiger partial charge in [0.15, 0.2) is 23.0 Å². The molecular formula is C27H37NO5. The minimum atomic E-state index is -0.437. The number of ether oxygens (including phenoxy) is 3. The molecule has 1 aromatic carbocycles. The average Bonchev–Trinajstić information content (AvgIpc) is 3.09. The molecule has 0 radical (unpaired) electrons. The van der Waals surface area contributed by atoms with E-state index in [9.17, 15) is 9.59 Å². The van der Waals surface area contributed by atoms with Gasteiger partial charge >= 0.3 is 0 Å². The number of benzene rings is 1. The summed E-state index contributed by atoms with van der Waals surface area (Å²) >= 11 is 0. The summed E-state index contributed by atoms with van der Waals surface area (Å²) in [5.41, 5.74) is 1.40. The second-order valence-corrected chi connectivity index (χ2v) is 9.85.